The number of hydrogen-bond acceptors (Lipinski definition) is 4. The molecule has 0 fully saturated rings. The van der Waals surface area contributed by atoms with Gasteiger partial charge >= 0.3 is 0 Å². The monoisotopic (exact) mass is 346 g/mol. The molecule has 3 aromatic rings. The van der Waals surface area contributed by atoms with Gasteiger partial charge in [0, 0.05) is 4.88 Å². The second kappa shape index (κ2) is 6.11. The van der Waals surface area contributed by atoms with Crippen LogP contribution in [-0.4, -0.2) is 14.3 Å². The molecule has 2 aromatic carbocycles. The first-order valence-electron chi connectivity index (χ1n) is 6.83. The van der Waals surface area contributed by atoms with E-state index in [2.05, 4.69) is 10.3 Å². The van der Waals surface area contributed by atoms with Gasteiger partial charge in [-0.25, -0.2) is 8.42 Å². The first kappa shape index (κ1) is 15.7. The van der Waals surface area contributed by atoms with Gasteiger partial charge in [-0.2, -0.15) is 0 Å². The largest absolute Gasteiger partial charge is 0.276 e. The van der Waals surface area contributed by atoms with Gasteiger partial charge in [0.15, 0.2) is 0 Å². The highest BCUT2D eigenvalue weighted by atomic mass is 32.2. The normalized spacial score (nSPS) is 11.5. The maximum Gasteiger partial charge on any atom is 0.276 e. The fraction of sp³-hybridized carbons (Fsp3) is 0.0625. The third kappa shape index (κ3) is 3.42. The van der Waals surface area contributed by atoms with Crippen molar-refractivity contribution in [1.82, 2.24) is 10.3 Å². The maximum absolute atomic E-state index is 12.3. The summed E-state index contributed by atoms with van der Waals surface area (Å²) in [6.45, 7) is 1.88. The summed E-state index contributed by atoms with van der Waals surface area (Å²) in [5, 5.41) is 1.76. The van der Waals surface area contributed by atoms with Crippen molar-refractivity contribution in [1.29, 1.82) is 0 Å². The lowest BCUT2D eigenvalue weighted by molar-refractivity contribution is 0.0949. The number of carbonyl (C=O) groups is 1. The summed E-state index contributed by atoms with van der Waals surface area (Å²) in [6.07, 6.45) is 0. The summed E-state index contributed by atoms with van der Waals surface area (Å²) in [6, 6.07) is 15.7. The number of benzene rings is 2. The number of sulfonamides is 1. The molecule has 2 N–H and O–H groups in total. The third-order valence-electron chi connectivity index (χ3n) is 3.29. The van der Waals surface area contributed by atoms with E-state index in [4.69, 9.17) is 0 Å². The molecule has 0 saturated heterocycles. The minimum atomic E-state index is -3.83. The van der Waals surface area contributed by atoms with E-state index in [-0.39, 0.29) is 4.90 Å². The molecule has 1 heterocycles. The van der Waals surface area contributed by atoms with Gasteiger partial charge in [0.25, 0.3) is 15.9 Å². The first-order valence-corrected chi connectivity index (χ1v) is 9.13. The lowest BCUT2D eigenvalue weighted by Gasteiger charge is -2.08. The van der Waals surface area contributed by atoms with Crippen LogP contribution < -0.4 is 10.3 Å². The summed E-state index contributed by atoms with van der Waals surface area (Å²) >= 11 is 1.30. The van der Waals surface area contributed by atoms with Gasteiger partial charge in [-0.15, -0.1) is 16.2 Å². The lowest BCUT2D eigenvalue weighted by atomic mass is 10.1. The summed E-state index contributed by atoms with van der Waals surface area (Å²) in [4.78, 5) is 15.6. The molecule has 0 spiro atoms. The van der Waals surface area contributed by atoms with Crippen LogP contribution in [0.15, 0.2) is 59.5 Å². The van der Waals surface area contributed by atoms with Crippen LogP contribution in [0.2, 0.25) is 0 Å². The molecule has 1 amide bonds. The van der Waals surface area contributed by atoms with E-state index >= 15 is 0 Å². The summed E-state index contributed by atoms with van der Waals surface area (Å²) < 4.78 is 24.6. The van der Waals surface area contributed by atoms with E-state index < -0.39 is 15.9 Å². The van der Waals surface area contributed by atoms with E-state index in [1.54, 1.807) is 24.3 Å². The van der Waals surface area contributed by atoms with Crippen LogP contribution in [0.1, 0.15) is 14.5 Å². The highest BCUT2D eigenvalue weighted by Gasteiger charge is 2.16. The highest BCUT2D eigenvalue weighted by Crippen LogP contribution is 2.19. The van der Waals surface area contributed by atoms with Crippen molar-refractivity contribution >= 4 is 38.0 Å². The fourth-order valence-electron chi connectivity index (χ4n) is 2.13. The first-order chi connectivity index (χ1) is 11.0. The van der Waals surface area contributed by atoms with Gasteiger partial charge in [0.2, 0.25) is 0 Å². The number of hydrazine groups is 1. The van der Waals surface area contributed by atoms with Gasteiger partial charge < -0.3 is 0 Å². The highest BCUT2D eigenvalue weighted by molar-refractivity contribution is 7.89. The molecule has 118 valence electrons. The van der Waals surface area contributed by atoms with Crippen molar-refractivity contribution in [3.63, 3.8) is 0 Å². The topological polar surface area (TPSA) is 75.3 Å². The number of nitrogens with one attached hydrogen (secondary N) is 2. The van der Waals surface area contributed by atoms with Gasteiger partial charge in [0.05, 0.1) is 9.77 Å². The van der Waals surface area contributed by atoms with E-state index in [1.165, 1.54) is 17.4 Å². The molecular weight excluding hydrogens is 332 g/mol. The molecule has 5 nitrogen and oxygen atoms in total. The smallest absolute Gasteiger partial charge is 0.273 e. The van der Waals surface area contributed by atoms with Crippen molar-refractivity contribution in [3.8, 4) is 0 Å². The van der Waals surface area contributed by atoms with Crippen LogP contribution in [0, 0.1) is 6.92 Å². The van der Waals surface area contributed by atoms with Crippen LogP contribution in [0.25, 0.3) is 10.8 Å². The molecule has 0 aliphatic rings. The molecule has 0 saturated carbocycles. The second-order valence-electron chi connectivity index (χ2n) is 4.98. The Labute approximate surface area is 138 Å². The number of rotatable bonds is 4. The quantitative estimate of drug-likeness (QED) is 0.713. The fourth-order valence-corrected chi connectivity index (χ4v) is 3.76. The van der Waals surface area contributed by atoms with Crippen molar-refractivity contribution in [2.75, 3.05) is 0 Å². The van der Waals surface area contributed by atoms with Crippen molar-refractivity contribution in [2.24, 2.45) is 0 Å². The van der Waals surface area contributed by atoms with Gasteiger partial charge in [0.1, 0.15) is 0 Å². The number of thiophene rings is 1. The maximum atomic E-state index is 12.3. The molecule has 0 bridgehead atoms. The Hall–Kier alpha value is -2.22. The number of carbonyl (C=O) groups excluding carboxylic acids is 1. The molecule has 0 unspecified atom stereocenters. The predicted molar refractivity (Wildman–Crippen MR) is 90.8 cm³/mol. The minimum Gasteiger partial charge on any atom is -0.273 e. The van der Waals surface area contributed by atoms with Crippen LogP contribution in [0.4, 0.5) is 0 Å². The summed E-state index contributed by atoms with van der Waals surface area (Å²) in [7, 11) is -3.83. The minimum absolute atomic E-state index is 0.0962. The molecule has 0 aliphatic carbocycles. The average molecular weight is 346 g/mol. The zero-order chi connectivity index (χ0) is 16.4. The van der Waals surface area contributed by atoms with Gasteiger partial charge in [-0.1, -0.05) is 30.3 Å². The van der Waals surface area contributed by atoms with Crippen LogP contribution >= 0.6 is 11.3 Å². The summed E-state index contributed by atoms with van der Waals surface area (Å²) in [5.74, 6) is -0.479. The molecule has 7 heteroatoms. The predicted octanol–water partition coefficient (Wildman–Crippen LogP) is 2.83. The molecule has 23 heavy (non-hydrogen) atoms. The van der Waals surface area contributed by atoms with Crippen molar-refractivity contribution < 1.29 is 13.2 Å². The second-order valence-corrected chi connectivity index (χ2v) is 7.95. The zero-order valence-electron chi connectivity index (χ0n) is 12.2. The number of amides is 1. The van der Waals surface area contributed by atoms with E-state index in [9.17, 15) is 13.2 Å². The molecular formula is C16H14N2O3S2. The van der Waals surface area contributed by atoms with Crippen LogP contribution in [-0.2, 0) is 10.0 Å². The Bertz CT molecular complexity index is 978. The zero-order valence-corrected chi connectivity index (χ0v) is 13.9. The van der Waals surface area contributed by atoms with E-state index in [0.29, 0.717) is 4.88 Å². The standard InChI is InChI=1S/C16H14N2O3S2/c1-11-6-9-15(22-11)16(19)17-18-23(20,21)14-8-7-12-4-2-3-5-13(12)10-14/h2-10,18H,1H3,(H,17,19). The molecule has 1 aromatic heterocycles. The molecule has 0 radical (unpaired) electrons. The average Bonchev–Trinajstić information content (AvgIpc) is 2.99. The molecule has 3 rings (SSSR count). The molecule has 0 aliphatic heterocycles. The number of hydrogen-bond donors (Lipinski definition) is 2. The van der Waals surface area contributed by atoms with Crippen LogP contribution in [0.5, 0.6) is 0 Å². The van der Waals surface area contributed by atoms with Gasteiger partial charge in [-0.3, -0.25) is 10.2 Å². The van der Waals surface area contributed by atoms with Crippen molar-refractivity contribution in [2.45, 2.75) is 11.8 Å². The molecule has 0 atom stereocenters. The Morgan fingerprint density at radius 3 is 2.43 bits per heavy atom. The summed E-state index contributed by atoms with van der Waals surface area (Å²) in [5.41, 5.74) is 2.23. The van der Waals surface area contributed by atoms with Gasteiger partial charge in [-0.05, 0) is 42.0 Å². The Balaban J connectivity index is 1.79. The lowest BCUT2D eigenvalue weighted by Crippen LogP contribution is -2.41. The number of fused-ring (bicyclic) bond motifs is 1. The Morgan fingerprint density at radius 1 is 1.00 bits per heavy atom. The van der Waals surface area contributed by atoms with E-state index in [0.717, 1.165) is 15.6 Å². The SMILES string of the molecule is Cc1ccc(C(=O)NNS(=O)(=O)c2ccc3ccccc3c2)s1. The Morgan fingerprint density at radius 2 is 1.74 bits per heavy atom. The third-order valence-corrected chi connectivity index (χ3v) is 5.54. The van der Waals surface area contributed by atoms with Crippen molar-refractivity contribution in [3.05, 3.63) is 64.4 Å². The van der Waals surface area contributed by atoms with Crippen LogP contribution in [0.3, 0.4) is 0 Å². The Kier molecular flexibility index (Phi) is 4.16. The number of aryl methyl sites for hydroxylation is 1. The van der Waals surface area contributed by atoms with E-state index in [1.807, 2.05) is 31.2 Å².